The average molecular weight is 408 g/mol. The summed E-state index contributed by atoms with van der Waals surface area (Å²) >= 11 is 12.9. The fourth-order valence-electron chi connectivity index (χ4n) is 3.78. The number of ether oxygens (including phenoxy) is 1. The fraction of sp³-hybridized carbons (Fsp3) is 0.381. The van der Waals surface area contributed by atoms with Crippen LogP contribution in [0.1, 0.15) is 43.4 Å². The number of nitrogens with zero attached hydrogens (tertiary/aromatic N) is 1. The molecule has 0 spiro atoms. The van der Waals surface area contributed by atoms with Gasteiger partial charge in [-0.15, -0.1) is 0 Å². The molecule has 2 atom stereocenters. The van der Waals surface area contributed by atoms with Crippen molar-refractivity contribution in [1.29, 1.82) is 0 Å². The van der Waals surface area contributed by atoms with Gasteiger partial charge in [-0.3, -0.25) is 9.69 Å². The number of carbonyl (C=O) groups is 1. The van der Waals surface area contributed by atoms with Crippen molar-refractivity contribution in [2.24, 2.45) is 0 Å². The number of rotatable bonds is 6. The van der Waals surface area contributed by atoms with Gasteiger partial charge < -0.3 is 9.84 Å². The number of aliphatic carboxylic acids is 1. The van der Waals surface area contributed by atoms with Gasteiger partial charge in [0.2, 0.25) is 0 Å². The first-order chi connectivity index (χ1) is 13.0. The predicted molar refractivity (Wildman–Crippen MR) is 108 cm³/mol. The second-order valence-corrected chi connectivity index (χ2v) is 7.39. The van der Waals surface area contributed by atoms with Crippen molar-refractivity contribution < 1.29 is 14.6 Å². The van der Waals surface area contributed by atoms with Gasteiger partial charge in [0.05, 0.1) is 22.7 Å². The van der Waals surface area contributed by atoms with E-state index < -0.39 is 12.0 Å². The van der Waals surface area contributed by atoms with Gasteiger partial charge in [-0.25, -0.2) is 0 Å². The van der Waals surface area contributed by atoms with Gasteiger partial charge in [0.15, 0.2) is 0 Å². The zero-order valence-corrected chi connectivity index (χ0v) is 16.7. The number of likely N-dealkylation sites (tertiary alicyclic amines) is 1. The lowest BCUT2D eigenvalue weighted by atomic mass is 9.91. The summed E-state index contributed by atoms with van der Waals surface area (Å²) in [6.45, 7) is 3.12. The topological polar surface area (TPSA) is 49.8 Å². The molecule has 4 nitrogen and oxygen atoms in total. The SMILES string of the molecule is CCOc1ccccc1C(c1cccc(Cl)c1Cl)N1CCCCC1C(=O)O. The van der Waals surface area contributed by atoms with E-state index >= 15 is 0 Å². The molecule has 2 aromatic carbocycles. The largest absolute Gasteiger partial charge is 0.494 e. The first-order valence-corrected chi connectivity index (χ1v) is 9.94. The Morgan fingerprint density at radius 2 is 1.93 bits per heavy atom. The van der Waals surface area contributed by atoms with Gasteiger partial charge >= 0.3 is 5.97 Å². The van der Waals surface area contributed by atoms with Crippen LogP contribution in [-0.4, -0.2) is 35.2 Å². The Morgan fingerprint density at radius 3 is 2.67 bits per heavy atom. The Hall–Kier alpha value is -1.75. The Balaban J connectivity index is 2.18. The molecule has 1 heterocycles. The van der Waals surface area contributed by atoms with Gasteiger partial charge in [-0.05, 0) is 44.0 Å². The number of piperidine rings is 1. The number of hydrogen-bond donors (Lipinski definition) is 1. The summed E-state index contributed by atoms with van der Waals surface area (Å²) in [5.41, 5.74) is 1.70. The van der Waals surface area contributed by atoms with Crippen LogP contribution in [0.4, 0.5) is 0 Å². The Kier molecular flexibility index (Phi) is 6.64. The quantitative estimate of drug-likeness (QED) is 0.694. The van der Waals surface area contributed by atoms with Crippen molar-refractivity contribution in [2.75, 3.05) is 13.2 Å². The second-order valence-electron chi connectivity index (χ2n) is 6.60. The molecule has 144 valence electrons. The van der Waals surface area contributed by atoms with Crippen LogP contribution in [0.2, 0.25) is 10.0 Å². The lowest BCUT2D eigenvalue weighted by Crippen LogP contribution is -2.47. The van der Waals surface area contributed by atoms with E-state index in [0.29, 0.717) is 29.6 Å². The first kappa shape index (κ1) is 20.0. The molecule has 1 aliphatic rings. The Bertz CT molecular complexity index is 812. The third kappa shape index (κ3) is 4.23. The molecule has 27 heavy (non-hydrogen) atoms. The molecule has 1 fully saturated rings. The van der Waals surface area contributed by atoms with Crippen molar-refractivity contribution in [3.8, 4) is 5.75 Å². The Labute approximate surface area is 169 Å². The van der Waals surface area contributed by atoms with Crippen LogP contribution in [0.25, 0.3) is 0 Å². The highest BCUT2D eigenvalue weighted by Crippen LogP contribution is 2.42. The van der Waals surface area contributed by atoms with Crippen LogP contribution >= 0.6 is 23.2 Å². The number of benzene rings is 2. The molecule has 0 amide bonds. The van der Waals surface area contributed by atoms with E-state index in [4.69, 9.17) is 27.9 Å². The van der Waals surface area contributed by atoms with Crippen LogP contribution in [0.3, 0.4) is 0 Å². The highest BCUT2D eigenvalue weighted by Gasteiger charge is 2.37. The molecule has 6 heteroatoms. The van der Waals surface area contributed by atoms with Gasteiger partial charge in [0.25, 0.3) is 0 Å². The van der Waals surface area contributed by atoms with Gasteiger partial charge in [0.1, 0.15) is 11.8 Å². The molecule has 0 aromatic heterocycles. The number of hydrogen-bond acceptors (Lipinski definition) is 3. The van der Waals surface area contributed by atoms with Gasteiger partial charge in [-0.2, -0.15) is 0 Å². The second kappa shape index (κ2) is 8.96. The lowest BCUT2D eigenvalue weighted by Gasteiger charge is -2.40. The minimum Gasteiger partial charge on any atom is -0.494 e. The molecular weight excluding hydrogens is 385 g/mol. The van der Waals surface area contributed by atoms with Crippen molar-refractivity contribution in [3.05, 3.63) is 63.6 Å². The molecule has 0 saturated carbocycles. The molecule has 0 aliphatic carbocycles. The smallest absolute Gasteiger partial charge is 0.320 e. The summed E-state index contributed by atoms with van der Waals surface area (Å²) in [5.74, 6) is -0.0810. The molecule has 2 unspecified atom stereocenters. The van der Waals surface area contributed by atoms with Crippen LogP contribution < -0.4 is 4.74 Å². The number of carboxylic acids is 1. The first-order valence-electron chi connectivity index (χ1n) is 9.18. The van der Waals surface area contributed by atoms with E-state index in [1.165, 1.54) is 0 Å². The predicted octanol–water partition coefficient (Wildman–Crippen LogP) is 5.42. The van der Waals surface area contributed by atoms with Crippen LogP contribution in [0.5, 0.6) is 5.75 Å². The molecule has 1 saturated heterocycles. The maximum atomic E-state index is 12.0. The standard InChI is InChI=1S/C21H23Cl2NO3/c1-2-27-18-12-4-3-8-14(18)20(15-9-7-10-16(22)19(15)23)24-13-6-5-11-17(24)21(25)26/h3-4,7-10,12,17,20H,2,5-6,11,13H2,1H3,(H,25,26). The number of para-hydroxylation sites is 1. The van der Waals surface area contributed by atoms with E-state index in [-0.39, 0.29) is 6.04 Å². The monoisotopic (exact) mass is 407 g/mol. The summed E-state index contributed by atoms with van der Waals surface area (Å²) < 4.78 is 5.85. The summed E-state index contributed by atoms with van der Waals surface area (Å²) in [4.78, 5) is 14.0. The molecule has 2 aromatic rings. The summed E-state index contributed by atoms with van der Waals surface area (Å²) in [5, 5.41) is 10.7. The van der Waals surface area contributed by atoms with E-state index in [0.717, 1.165) is 29.7 Å². The molecule has 1 aliphatic heterocycles. The highest BCUT2D eigenvalue weighted by atomic mass is 35.5. The molecule has 1 N–H and O–H groups in total. The number of carboxylic acid groups (broad SMARTS) is 1. The zero-order chi connectivity index (χ0) is 19.4. The van der Waals surface area contributed by atoms with Crippen LogP contribution in [0.15, 0.2) is 42.5 Å². The molecular formula is C21H23Cl2NO3. The van der Waals surface area contributed by atoms with Gasteiger partial charge in [-0.1, -0.05) is 60.0 Å². The van der Waals surface area contributed by atoms with Crippen molar-refractivity contribution >= 4 is 29.2 Å². The average Bonchev–Trinajstić information content (AvgIpc) is 2.67. The van der Waals surface area contributed by atoms with Crippen molar-refractivity contribution in [3.63, 3.8) is 0 Å². The maximum absolute atomic E-state index is 12.0. The minimum absolute atomic E-state index is 0.347. The Morgan fingerprint density at radius 1 is 1.19 bits per heavy atom. The van der Waals surface area contributed by atoms with Crippen molar-refractivity contribution in [2.45, 2.75) is 38.3 Å². The van der Waals surface area contributed by atoms with E-state index in [9.17, 15) is 9.90 Å². The summed E-state index contributed by atoms with van der Waals surface area (Å²) in [6, 6.07) is 12.3. The highest BCUT2D eigenvalue weighted by molar-refractivity contribution is 6.42. The van der Waals surface area contributed by atoms with Crippen LogP contribution in [0, 0.1) is 0 Å². The third-order valence-corrected chi connectivity index (χ3v) is 5.78. The lowest BCUT2D eigenvalue weighted by molar-refractivity contribution is -0.145. The maximum Gasteiger partial charge on any atom is 0.320 e. The van der Waals surface area contributed by atoms with E-state index in [1.54, 1.807) is 6.07 Å². The number of halogens is 2. The van der Waals surface area contributed by atoms with Crippen LogP contribution in [-0.2, 0) is 4.79 Å². The van der Waals surface area contributed by atoms with Crippen molar-refractivity contribution in [1.82, 2.24) is 4.90 Å². The van der Waals surface area contributed by atoms with Gasteiger partial charge in [0, 0.05) is 5.56 Å². The van der Waals surface area contributed by atoms with E-state index in [1.807, 2.05) is 48.2 Å². The third-order valence-electron chi connectivity index (χ3n) is 4.95. The zero-order valence-electron chi connectivity index (χ0n) is 15.2. The summed E-state index contributed by atoms with van der Waals surface area (Å²) in [6.07, 6.45) is 2.45. The normalized spacial score (nSPS) is 18.9. The fourth-order valence-corrected chi connectivity index (χ4v) is 4.19. The van der Waals surface area contributed by atoms with E-state index in [2.05, 4.69) is 0 Å². The molecule has 0 radical (unpaired) electrons. The minimum atomic E-state index is -0.813. The molecule has 0 bridgehead atoms. The summed E-state index contributed by atoms with van der Waals surface area (Å²) in [7, 11) is 0. The molecule has 3 rings (SSSR count).